The lowest BCUT2D eigenvalue weighted by Crippen LogP contribution is -2.36. The summed E-state index contributed by atoms with van der Waals surface area (Å²) < 4.78 is 5.90. The zero-order valence-corrected chi connectivity index (χ0v) is 21.3. The zero-order valence-electron chi connectivity index (χ0n) is 19.0. The van der Waals surface area contributed by atoms with Gasteiger partial charge < -0.3 is 9.64 Å². The summed E-state index contributed by atoms with van der Waals surface area (Å²) >= 11 is 18.6. The van der Waals surface area contributed by atoms with Crippen LogP contribution in [0.1, 0.15) is 24.5 Å². The van der Waals surface area contributed by atoms with Gasteiger partial charge in [-0.2, -0.15) is 0 Å². The van der Waals surface area contributed by atoms with E-state index >= 15 is 0 Å². The van der Waals surface area contributed by atoms with E-state index in [1.807, 2.05) is 24.3 Å². The van der Waals surface area contributed by atoms with Crippen LogP contribution in [0.2, 0.25) is 15.1 Å². The van der Waals surface area contributed by atoms with Crippen molar-refractivity contribution in [1.29, 1.82) is 0 Å². The van der Waals surface area contributed by atoms with Crippen LogP contribution < -0.4 is 20.5 Å². The Morgan fingerprint density at radius 2 is 1.77 bits per heavy atom. The van der Waals surface area contributed by atoms with Gasteiger partial charge in [-0.05, 0) is 54.4 Å². The lowest BCUT2D eigenvalue weighted by Gasteiger charge is -2.18. The van der Waals surface area contributed by atoms with Gasteiger partial charge in [-0.3, -0.25) is 20.4 Å². The molecular weight excluding hydrogens is 509 g/mol. The highest BCUT2D eigenvalue weighted by atomic mass is 35.5. The first kappa shape index (κ1) is 25.2. The van der Waals surface area contributed by atoms with Crippen molar-refractivity contribution in [2.24, 2.45) is 5.92 Å². The maximum Gasteiger partial charge on any atom is 0.243 e. The summed E-state index contributed by atoms with van der Waals surface area (Å²) in [7, 11) is 0. The minimum atomic E-state index is -0.494. The maximum atomic E-state index is 12.8. The minimum Gasteiger partial charge on any atom is -0.487 e. The fourth-order valence-corrected chi connectivity index (χ4v) is 4.50. The third-order valence-electron chi connectivity index (χ3n) is 5.85. The van der Waals surface area contributed by atoms with Crippen molar-refractivity contribution in [3.8, 4) is 5.75 Å². The average molecular weight is 533 g/mol. The Morgan fingerprint density at radius 1 is 1.06 bits per heavy atom. The van der Waals surface area contributed by atoms with E-state index in [0.717, 1.165) is 12.1 Å². The first-order valence-electron chi connectivity index (χ1n) is 11.2. The second kappa shape index (κ2) is 11.2. The van der Waals surface area contributed by atoms with E-state index in [9.17, 15) is 9.59 Å². The number of halogens is 3. The molecule has 1 heterocycles. The van der Waals surface area contributed by atoms with Crippen molar-refractivity contribution >= 4 is 58.0 Å². The average Bonchev–Trinajstić information content (AvgIpc) is 3.25. The van der Waals surface area contributed by atoms with Crippen molar-refractivity contribution in [1.82, 2.24) is 5.43 Å². The Balaban J connectivity index is 1.39. The summed E-state index contributed by atoms with van der Waals surface area (Å²) in [5.74, 6) is -0.430. The van der Waals surface area contributed by atoms with Crippen LogP contribution in [0.5, 0.6) is 5.75 Å². The number of ether oxygens (including phenoxy) is 1. The molecule has 1 aliphatic heterocycles. The van der Waals surface area contributed by atoms with E-state index in [0.29, 0.717) is 38.6 Å². The topological polar surface area (TPSA) is 70.7 Å². The summed E-state index contributed by atoms with van der Waals surface area (Å²) in [5, 5.41) is 1.45. The Labute approximate surface area is 219 Å². The van der Waals surface area contributed by atoms with Gasteiger partial charge in [0.1, 0.15) is 12.4 Å². The van der Waals surface area contributed by atoms with Crippen LogP contribution in [0.15, 0.2) is 60.7 Å². The van der Waals surface area contributed by atoms with E-state index in [1.165, 1.54) is 5.56 Å². The van der Waals surface area contributed by atoms with E-state index in [2.05, 4.69) is 17.8 Å². The Bertz CT molecular complexity index is 1210. The molecule has 4 rings (SSSR count). The molecule has 0 aliphatic carbocycles. The molecule has 3 aromatic rings. The van der Waals surface area contributed by atoms with Gasteiger partial charge >= 0.3 is 0 Å². The highest BCUT2D eigenvalue weighted by Gasteiger charge is 2.35. The largest absolute Gasteiger partial charge is 0.487 e. The number of anilines is 2. The fraction of sp³-hybridized carbons (Fsp3) is 0.231. The summed E-state index contributed by atoms with van der Waals surface area (Å²) in [6.45, 7) is 2.51. The Kier molecular flexibility index (Phi) is 8.06. The van der Waals surface area contributed by atoms with Crippen LogP contribution in [-0.2, 0) is 22.6 Å². The number of nitrogens with one attached hydrogen (secondary N) is 2. The molecule has 3 aromatic carbocycles. The SMILES string of the molecule is CCc1ccc(N2C[C@@H](C(=O)NNc3cc(Cl)ccc3OCc3c(Cl)cccc3Cl)CC2=O)cc1. The maximum absolute atomic E-state index is 12.8. The number of hydrazine groups is 1. The second-order valence-corrected chi connectivity index (χ2v) is 9.42. The molecule has 1 aliphatic rings. The molecule has 6 nitrogen and oxygen atoms in total. The van der Waals surface area contributed by atoms with Crippen molar-refractivity contribution in [2.45, 2.75) is 26.4 Å². The highest BCUT2D eigenvalue weighted by Crippen LogP contribution is 2.31. The summed E-state index contributed by atoms with van der Waals surface area (Å²) in [6, 6.07) is 18.0. The molecule has 0 aromatic heterocycles. The number of amides is 2. The van der Waals surface area contributed by atoms with E-state index in [-0.39, 0.29) is 24.8 Å². The van der Waals surface area contributed by atoms with E-state index in [1.54, 1.807) is 41.3 Å². The number of nitrogens with zero attached hydrogens (tertiary/aromatic N) is 1. The molecule has 9 heteroatoms. The molecular formula is C26H24Cl3N3O3. The van der Waals surface area contributed by atoms with Crippen LogP contribution in [0, 0.1) is 5.92 Å². The molecule has 182 valence electrons. The summed E-state index contributed by atoms with van der Waals surface area (Å²) in [5.41, 5.74) is 8.65. The number of rotatable bonds is 8. The van der Waals surface area contributed by atoms with Gasteiger partial charge in [0.05, 0.1) is 11.6 Å². The highest BCUT2D eigenvalue weighted by molar-refractivity contribution is 6.36. The third kappa shape index (κ3) is 6.01. The van der Waals surface area contributed by atoms with Crippen LogP contribution >= 0.6 is 34.8 Å². The predicted molar refractivity (Wildman–Crippen MR) is 140 cm³/mol. The monoisotopic (exact) mass is 531 g/mol. The summed E-state index contributed by atoms with van der Waals surface area (Å²) in [4.78, 5) is 27.0. The second-order valence-electron chi connectivity index (χ2n) is 8.17. The first-order valence-corrected chi connectivity index (χ1v) is 12.3. The molecule has 0 unspecified atom stereocenters. The molecule has 2 N–H and O–H groups in total. The van der Waals surface area contributed by atoms with Gasteiger partial charge in [0.25, 0.3) is 0 Å². The van der Waals surface area contributed by atoms with Crippen LogP contribution in [0.4, 0.5) is 11.4 Å². The molecule has 0 spiro atoms. The Hall–Kier alpha value is -2.93. The number of benzene rings is 3. The molecule has 0 saturated carbocycles. The zero-order chi connectivity index (χ0) is 24.9. The normalized spacial score (nSPS) is 15.3. The fourth-order valence-electron chi connectivity index (χ4n) is 3.82. The van der Waals surface area contributed by atoms with Crippen LogP contribution in [0.3, 0.4) is 0 Å². The smallest absolute Gasteiger partial charge is 0.243 e. The number of carbonyl (C=O) groups is 2. The van der Waals surface area contributed by atoms with Crippen LogP contribution in [0.25, 0.3) is 0 Å². The predicted octanol–water partition coefficient (Wildman–Crippen LogP) is 6.28. The van der Waals surface area contributed by atoms with Crippen molar-refractivity contribution in [2.75, 3.05) is 16.9 Å². The van der Waals surface area contributed by atoms with Gasteiger partial charge in [-0.25, -0.2) is 0 Å². The lowest BCUT2D eigenvalue weighted by molar-refractivity contribution is -0.125. The molecule has 0 bridgehead atoms. The number of carbonyl (C=O) groups excluding carboxylic acids is 2. The quantitative estimate of drug-likeness (QED) is 0.335. The standard InChI is InChI=1S/C26H24Cl3N3O3/c1-2-16-6-9-19(10-7-16)32-14-17(12-25(32)33)26(34)31-30-23-13-18(27)8-11-24(23)35-15-20-21(28)4-3-5-22(20)29/h3-11,13,17,30H,2,12,14-15H2,1H3,(H,31,34)/t17-/m0/s1. The molecule has 1 saturated heterocycles. The Morgan fingerprint density at radius 3 is 2.46 bits per heavy atom. The van der Waals surface area contributed by atoms with Crippen molar-refractivity contribution < 1.29 is 14.3 Å². The van der Waals surface area contributed by atoms with E-state index in [4.69, 9.17) is 39.5 Å². The van der Waals surface area contributed by atoms with Crippen LogP contribution in [-0.4, -0.2) is 18.4 Å². The molecule has 1 fully saturated rings. The van der Waals surface area contributed by atoms with E-state index < -0.39 is 5.92 Å². The molecule has 0 radical (unpaired) electrons. The number of hydrogen-bond acceptors (Lipinski definition) is 4. The van der Waals surface area contributed by atoms with Gasteiger partial charge in [-0.15, -0.1) is 0 Å². The van der Waals surface area contributed by atoms with Gasteiger partial charge in [0.15, 0.2) is 0 Å². The van der Waals surface area contributed by atoms with Crippen molar-refractivity contribution in [3.05, 3.63) is 86.9 Å². The lowest BCUT2D eigenvalue weighted by atomic mass is 10.1. The van der Waals surface area contributed by atoms with Gasteiger partial charge in [0, 0.05) is 39.3 Å². The molecule has 2 amide bonds. The molecule has 35 heavy (non-hydrogen) atoms. The summed E-state index contributed by atoms with van der Waals surface area (Å²) in [6.07, 6.45) is 1.05. The molecule has 1 atom stereocenters. The van der Waals surface area contributed by atoms with Gasteiger partial charge in [0.2, 0.25) is 11.8 Å². The van der Waals surface area contributed by atoms with Gasteiger partial charge in [-0.1, -0.05) is 59.9 Å². The number of hydrogen-bond donors (Lipinski definition) is 2. The third-order valence-corrected chi connectivity index (χ3v) is 6.79. The first-order chi connectivity index (χ1) is 16.9. The number of aryl methyl sites for hydroxylation is 1. The minimum absolute atomic E-state index is 0.0854. The van der Waals surface area contributed by atoms with Crippen molar-refractivity contribution in [3.63, 3.8) is 0 Å².